The Morgan fingerprint density at radius 1 is 1.36 bits per heavy atom. The number of rotatable bonds is 9. The number of hydrogen-bond donors (Lipinski definition) is 2. The second-order valence-electron chi connectivity index (χ2n) is 8.43. The first-order valence-electron chi connectivity index (χ1n) is 10.8. The summed E-state index contributed by atoms with van der Waals surface area (Å²) >= 11 is 7.63. The van der Waals surface area contributed by atoms with Crippen molar-refractivity contribution in [1.82, 2.24) is 14.8 Å². The maximum atomic E-state index is 13.4. The summed E-state index contributed by atoms with van der Waals surface area (Å²) in [5.41, 5.74) is 1.69. The molecule has 196 valence electrons. The molecular formula is C23H27ClF3N5O2S2. The predicted molar refractivity (Wildman–Crippen MR) is 139 cm³/mol. The maximum absolute atomic E-state index is 13.4. The Morgan fingerprint density at radius 2 is 2.08 bits per heavy atom. The van der Waals surface area contributed by atoms with Gasteiger partial charge >= 0.3 is 6.18 Å². The Balaban J connectivity index is 1.96. The third kappa shape index (κ3) is 6.81. The zero-order chi connectivity index (χ0) is 26.7. The molecule has 2 N–H and O–H groups in total. The van der Waals surface area contributed by atoms with Crippen molar-refractivity contribution in [2.75, 3.05) is 37.2 Å². The highest BCUT2D eigenvalue weighted by Crippen LogP contribution is 2.32. The van der Waals surface area contributed by atoms with Gasteiger partial charge in [-0.25, -0.2) is 13.4 Å². The van der Waals surface area contributed by atoms with Crippen LogP contribution in [0.4, 0.5) is 24.7 Å². The van der Waals surface area contributed by atoms with Gasteiger partial charge in [0.1, 0.15) is 0 Å². The second kappa shape index (κ2) is 11.2. The van der Waals surface area contributed by atoms with Crippen molar-refractivity contribution in [3.8, 4) is 0 Å². The molecule has 1 saturated heterocycles. The summed E-state index contributed by atoms with van der Waals surface area (Å²) in [5, 5.41) is 4.65. The van der Waals surface area contributed by atoms with Crippen molar-refractivity contribution >= 4 is 44.5 Å². The van der Waals surface area contributed by atoms with E-state index in [1.54, 1.807) is 5.38 Å². The largest absolute Gasteiger partial charge is 0.412 e. The van der Waals surface area contributed by atoms with Crippen LogP contribution < -0.4 is 10.0 Å². The van der Waals surface area contributed by atoms with Crippen LogP contribution in [0.25, 0.3) is 0 Å². The molecule has 0 bridgehead atoms. The Kier molecular flexibility index (Phi) is 8.75. The molecule has 0 radical (unpaired) electrons. The van der Waals surface area contributed by atoms with E-state index in [0.717, 1.165) is 19.4 Å². The molecule has 3 rings (SSSR count). The van der Waals surface area contributed by atoms with Gasteiger partial charge in [-0.05, 0) is 57.8 Å². The molecule has 0 amide bonds. The number of aromatic nitrogens is 1. The Bertz CT molecular complexity index is 1260. The molecule has 1 aromatic carbocycles. The monoisotopic (exact) mass is 561 g/mol. The lowest BCUT2D eigenvalue weighted by molar-refractivity contribution is -0.0914. The molecule has 0 aliphatic carbocycles. The highest BCUT2D eigenvalue weighted by molar-refractivity contribution is 7.92. The van der Waals surface area contributed by atoms with Crippen LogP contribution in [0.2, 0.25) is 5.02 Å². The molecule has 36 heavy (non-hydrogen) atoms. The molecule has 1 aliphatic heterocycles. The molecule has 2 aromatic rings. The molecule has 1 aliphatic rings. The fourth-order valence-electron chi connectivity index (χ4n) is 3.60. The number of anilines is 2. The SMILES string of the molecule is C=C/C(Nc1ccc(S(=O)(=O)Nc2cscn2)cc1Cl)=C(\C=C(/C)C(F)(F)F)N1CCC(N(C)C)C1. The molecule has 13 heteroatoms. The minimum absolute atomic E-state index is 0.0685. The minimum Gasteiger partial charge on any atom is -0.368 e. The second-order valence-corrected chi connectivity index (χ2v) is 11.2. The van der Waals surface area contributed by atoms with Gasteiger partial charge in [0, 0.05) is 30.1 Å². The molecule has 2 heterocycles. The molecule has 0 saturated carbocycles. The van der Waals surface area contributed by atoms with Gasteiger partial charge in [0.2, 0.25) is 0 Å². The fraction of sp³-hybridized carbons (Fsp3) is 0.348. The summed E-state index contributed by atoms with van der Waals surface area (Å²) in [6.45, 7) is 5.89. The van der Waals surface area contributed by atoms with E-state index < -0.39 is 21.8 Å². The zero-order valence-corrected chi connectivity index (χ0v) is 22.3. The third-order valence-corrected chi connectivity index (χ3v) is 7.96. The molecule has 1 fully saturated rings. The summed E-state index contributed by atoms with van der Waals surface area (Å²) in [6, 6.07) is 4.24. The summed E-state index contributed by atoms with van der Waals surface area (Å²) in [4.78, 5) is 7.72. The van der Waals surface area contributed by atoms with Gasteiger partial charge in [-0.3, -0.25) is 4.72 Å². The average molecular weight is 562 g/mol. The molecule has 1 aromatic heterocycles. The van der Waals surface area contributed by atoms with E-state index >= 15 is 0 Å². The quantitative estimate of drug-likeness (QED) is 0.391. The lowest BCUT2D eigenvalue weighted by Gasteiger charge is -2.26. The van der Waals surface area contributed by atoms with E-state index in [4.69, 9.17) is 11.6 Å². The van der Waals surface area contributed by atoms with E-state index in [9.17, 15) is 21.6 Å². The zero-order valence-electron chi connectivity index (χ0n) is 19.9. The van der Waals surface area contributed by atoms with Crippen molar-refractivity contribution in [1.29, 1.82) is 0 Å². The number of sulfonamides is 1. The van der Waals surface area contributed by atoms with Crippen LogP contribution >= 0.6 is 22.9 Å². The number of likely N-dealkylation sites (N-methyl/N-ethyl adjacent to an activating group) is 1. The topological polar surface area (TPSA) is 77.6 Å². The van der Waals surface area contributed by atoms with Crippen LogP contribution in [0.3, 0.4) is 0 Å². The van der Waals surface area contributed by atoms with Crippen LogP contribution in [0.5, 0.6) is 0 Å². The van der Waals surface area contributed by atoms with E-state index in [1.165, 1.54) is 41.1 Å². The van der Waals surface area contributed by atoms with Gasteiger partial charge in [0.15, 0.2) is 5.82 Å². The van der Waals surface area contributed by atoms with Crippen LogP contribution in [0.1, 0.15) is 13.3 Å². The lowest BCUT2D eigenvalue weighted by atomic mass is 10.1. The summed E-state index contributed by atoms with van der Waals surface area (Å²) in [7, 11) is -0.0696. The van der Waals surface area contributed by atoms with Gasteiger partial charge in [-0.2, -0.15) is 13.2 Å². The summed E-state index contributed by atoms with van der Waals surface area (Å²) < 4.78 is 67.9. The predicted octanol–water partition coefficient (Wildman–Crippen LogP) is 5.55. The number of nitrogens with one attached hydrogen (secondary N) is 2. The Labute approximate surface area is 218 Å². The number of benzene rings is 1. The number of likely N-dealkylation sites (tertiary alicyclic amines) is 1. The number of alkyl halides is 3. The smallest absolute Gasteiger partial charge is 0.368 e. The van der Waals surface area contributed by atoms with Gasteiger partial charge in [-0.1, -0.05) is 18.2 Å². The first-order valence-corrected chi connectivity index (χ1v) is 13.6. The highest BCUT2D eigenvalue weighted by Gasteiger charge is 2.32. The molecule has 7 nitrogen and oxygen atoms in total. The van der Waals surface area contributed by atoms with Crippen LogP contribution in [0.15, 0.2) is 69.7 Å². The van der Waals surface area contributed by atoms with Gasteiger partial charge in [0.05, 0.1) is 32.5 Å². The van der Waals surface area contributed by atoms with Crippen molar-refractivity contribution in [3.63, 3.8) is 0 Å². The average Bonchev–Trinajstić information content (AvgIpc) is 3.48. The number of halogens is 4. The number of hydrogen-bond acceptors (Lipinski definition) is 7. The van der Waals surface area contributed by atoms with E-state index in [2.05, 4.69) is 21.6 Å². The molecule has 1 atom stereocenters. The first-order chi connectivity index (χ1) is 16.8. The van der Waals surface area contributed by atoms with E-state index in [0.29, 0.717) is 30.2 Å². The van der Waals surface area contributed by atoms with E-state index in [-0.39, 0.29) is 21.8 Å². The summed E-state index contributed by atoms with van der Waals surface area (Å²) in [5.74, 6) is 0.188. The van der Waals surface area contributed by atoms with Gasteiger partial charge in [-0.15, -0.1) is 11.3 Å². The summed E-state index contributed by atoms with van der Waals surface area (Å²) in [6.07, 6.45) is -1.19. The number of allylic oxidation sites excluding steroid dienone is 3. The van der Waals surface area contributed by atoms with E-state index in [1.807, 2.05) is 23.9 Å². The van der Waals surface area contributed by atoms with Crippen LogP contribution in [0, 0.1) is 0 Å². The first kappa shape index (κ1) is 28.0. The number of thiazole rings is 1. The van der Waals surface area contributed by atoms with Gasteiger partial charge < -0.3 is 15.1 Å². The third-order valence-electron chi connectivity index (χ3n) is 5.71. The lowest BCUT2D eigenvalue weighted by Crippen LogP contribution is -2.31. The van der Waals surface area contributed by atoms with Crippen molar-refractivity contribution in [2.45, 2.75) is 30.5 Å². The Morgan fingerprint density at radius 3 is 2.61 bits per heavy atom. The van der Waals surface area contributed by atoms with Crippen molar-refractivity contribution in [2.24, 2.45) is 0 Å². The molecular weight excluding hydrogens is 535 g/mol. The minimum atomic E-state index is -4.49. The Hall–Kier alpha value is -2.54. The normalized spacial score (nSPS) is 17.8. The van der Waals surface area contributed by atoms with Crippen LogP contribution in [-0.2, 0) is 10.0 Å². The van der Waals surface area contributed by atoms with Gasteiger partial charge in [0.25, 0.3) is 10.0 Å². The van der Waals surface area contributed by atoms with Crippen molar-refractivity contribution < 1.29 is 21.6 Å². The molecule has 1 unspecified atom stereocenters. The van der Waals surface area contributed by atoms with Crippen LogP contribution in [-0.4, -0.2) is 62.6 Å². The maximum Gasteiger partial charge on any atom is 0.412 e. The number of nitrogens with zero attached hydrogens (tertiary/aromatic N) is 3. The fourth-order valence-corrected chi connectivity index (χ4v) is 5.47. The highest BCUT2D eigenvalue weighted by atomic mass is 35.5. The van der Waals surface area contributed by atoms with Crippen molar-refractivity contribution in [3.05, 3.63) is 69.8 Å². The molecule has 0 spiro atoms. The standard InChI is InChI=1S/C23H27ClF3N5O2S2/c1-5-19(21(10-15(2)23(25,26)27)32-9-8-16(12-32)31(3)4)29-20-7-6-17(11-18(20)24)36(33,34)30-22-13-35-14-28-22/h5-7,10-11,13-14,16,29-30H,1,8-9,12H2,2-4H3/b15-10+,21-19-.